The van der Waals surface area contributed by atoms with E-state index in [0.717, 1.165) is 29.9 Å². The maximum atomic E-state index is 11.7. The van der Waals surface area contributed by atoms with Crippen LogP contribution in [-0.2, 0) is 4.79 Å². The Balaban J connectivity index is 1.82. The van der Waals surface area contributed by atoms with Crippen molar-refractivity contribution in [3.63, 3.8) is 0 Å². The molecule has 1 aromatic carbocycles. The Morgan fingerprint density at radius 3 is 3.06 bits per heavy atom. The van der Waals surface area contributed by atoms with Crippen LogP contribution in [0.1, 0.15) is 5.89 Å². The first-order chi connectivity index (χ1) is 8.22. The van der Waals surface area contributed by atoms with Crippen LogP contribution in [0.25, 0.3) is 11.1 Å². The van der Waals surface area contributed by atoms with Crippen LogP contribution in [0, 0.1) is 12.8 Å². The summed E-state index contributed by atoms with van der Waals surface area (Å²) in [6, 6.07) is 5.48. The van der Waals surface area contributed by atoms with E-state index in [1.165, 1.54) is 0 Å². The van der Waals surface area contributed by atoms with E-state index >= 15 is 0 Å². The van der Waals surface area contributed by atoms with E-state index < -0.39 is 0 Å². The first kappa shape index (κ1) is 10.3. The predicted molar refractivity (Wildman–Crippen MR) is 63.7 cm³/mol. The first-order valence-electron chi connectivity index (χ1n) is 5.61. The van der Waals surface area contributed by atoms with Gasteiger partial charge in [-0.2, -0.15) is 0 Å². The van der Waals surface area contributed by atoms with Gasteiger partial charge < -0.3 is 15.1 Å². The van der Waals surface area contributed by atoms with Crippen molar-refractivity contribution in [2.45, 2.75) is 6.92 Å². The lowest BCUT2D eigenvalue weighted by Gasteiger charge is -2.25. The number of fused-ring (bicyclic) bond motifs is 1. The van der Waals surface area contributed by atoms with Crippen LogP contribution in [0.4, 0.5) is 5.69 Å². The van der Waals surface area contributed by atoms with Crippen molar-refractivity contribution in [2.75, 3.05) is 18.4 Å². The number of carbonyl (C=O) groups excluding carboxylic acids is 1. The number of nitrogens with zero attached hydrogens (tertiary/aromatic N) is 1. The van der Waals surface area contributed by atoms with Gasteiger partial charge in [0, 0.05) is 25.7 Å². The number of anilines is 1. The van der Waals surface area contributed by atoms with Crippen molar-refractivity contribution in [3.05, 3.63) is 24.1 Å². The molecule has 5 heteroatoms. The second-order valence-corrected chi connectivity index (χ2v) is 4.26. The third-order valence-electron chi connectivity index (χ3n) is 2.91. The Morgan fingerprint density at radius 2 is 2.35 bits per heavy atom. The number of nitrogens with one attached hydrogen (secondary N) is 2. The minimum atomic E-state index is 0.0586. The lowest BCUT2D eigenvalue weighted by molar-refractivity contribution is -0.121. The van der Waals surface area contributed by atoms with Crippen LogP contribution in [-0.4, -0.2) is 24.0 Å². The minimum absolute atomic E-state index is 0.0586. The molecule has 0 radical (unpaired) electrons. The Labute approximate surface area is 98.2 Å². The molecule has 88 valence electrons. The zero-order chi connectivity index (χ0) is 11.8. The van der Waals surface area contributed by atoms with Crippen molar-refractivity contribution >= 4 is 22.7 Å². The quantitative estimate of drug-likeness (QED) is 0.817. The average Bonchev–Trinajstić information content (AvgIpc) is 2.54. The van der Waals surface area contributed by atoms with Gasteiger partial charge in [-0.3, -0.25) is 4.79 Å². The molecule has 2 heterocycles. The van der Waals surface area contributed by atoms with Crippen molar-refractivity contribution in [1.82, 2.24) is 10.3 Å². The molecule has 0 saturated carbocycles. The molecule has 2 aromatic rings. The molecule has 0 unspecified atom stereocenters. The number of aryl methyl sites for hydroxylation is 1. The molecule has 0 bridgehead atoms. The van der Waals surface area contributed by atoms with Gasteiger partial charge in [-0.05, 0) is 18.2 Å². The Bertz CT molecular complexity index is 572. The van der Waals surface area contributed by atoms with Gasteiger partial charge in [-0.25, -0.2) is 4.98 Å². The summed E-state index contributed by atoms with van der Waals surface area (Å²) in [5.41, 5.74) is 2.28. The molecular formula is C12H13N3O2. The fourth-order valence-corrected chi connectivity index (χ4v) is 1.84. The fourth-order valence-electron chi connectivity index (χ4n) is 1.84. The molecule has 1 aliphatic rings. The normalized spacial score (nSPS) is 15.8. The van der Waals surface area contributed by atoms with Gasteiger partial charge in [-0.1, -0.05) is 0 Å². The van der Waals surface area contributed by atoms with E-state index in [1.807, 2.05) is 18.2 Å². The SMILES string of the molecule is Cc1nc2cc(NC(=O)C3CNC3)ccc2o1. The minimum Gasteiger partial charge on any atom is -0.441 e. The van der Waals surface area contributed by atoms with Gasteiger partial charge in [0.25, 0.3) is 0 Å². The number of aromatic nitrogens is 1. The summed E-state index contributed by atoms with van der Waals surface area (Å²) in [5, 5.41) is 5.96. The average molecular weight is 231 g/mol. The summed E-state index contributed by atoms with van der Waals surface area (Å²) in [5.74, 6) is 0.778. The molecule has 0 atom stereocenters. The number of oxazole rings is 1. The second-order valence-electron chi connectivity index (χ2n) is 4.26. The van der Waals surface area contributed by atoms with Gasteiger partial charge in [-0.15, -0.1) is 0 Å². The molecule has 5 nitrogen and oxygen atoms in total. The van der Waals surface area contributed by atoms with E-state index in [9.17, 15) is 4.79 Å². The van der Waals surface area contributed by atoms with Gasteiger partial charge in [0.05, 0.1) is 5.92 Å². The van der Waals surface area contributed by atoms with E-state index in [-0.39, 0.29) is 11.8 Å². The Morgan fingerprint density at radius 1 is 1.53 bits per heavy atom. The standard InChI is InChI=1S/C12H13N3O2/c1-7-14-10-4-9(2-3-11(10)17-7)15-12(16)8-5-13-6-8/h2-4,8,13H,5-6H2,1H3,(H,15,16). The molecule has 0 aliphatic carbocycles. The molecule has 1 amide bonds. The summed E-state index contributed by atoms with van der Waals surface area (Å²) >= 11 is 0. The van der Waals surface area contributed by atoms with E-state index in [1.54, 1.807) is 6.92 Å². The topological polar surface area (TPSA) is 67.2 Å². The number of benzene rings is 1. The molecule has 17 heavy (non-hydrogen) atoms. The van der Waals surface area contributed by atoms with Crippen LogP contribution in [0.15, 0.2) is 22.6 Å². The van der Waals surface area contributed by atoms with Crippen molar-refractivity contribution < 1.29 is 9.21 Å². The van der Waals surface area contributed by atoms with E-state index in [4.69, 9.17) is 4.42 Å². The number of hydrogen-bond donors (Lipinski definition) is 2. The van der Waals surface area contributed by atoms with Gasteiger partial charge in [0.1, 0.15) is 5.52 Å². The first-order valence-corrected chi connectivity index (χ1v) is 5.61. The summed E-state index contributed by atoms with van der Waals surface area (Å²) < 4.78 is 5.37. The van der Waals surface area contributed by atoms with E-state index in [0.29, 0.717) is 5.89 Å². The maximum absolute atomic E-state index is 11.7. The highest BCUT2D eigenvalue weighted by Gasteiger charge is 2.24. The van der Waals surface area contributed by atoms with Crippen LogP contribution < -0.4 is 10.6 Å². The van der Waals surface area contributed by atoms with Crippen LogP contribution >= 0.6 is 0 Å². The Hall–Kier alpha value is -1.88. The number of hydrogen-bond acceptors (Lipinski definition) is 4. The third kappa shape index (κ3) is 1.89. The lowest BCUT2D eigenvalue weighted by atomic mass is 10.0. The molecule has 1 aliphatic heterocycles. The van der Waals surface area contributed by atoms with Gasteiger partial charge >= 0.3 is 0 Å². The highest BCUT2D eigenvalue weighted by atomic mass is 16.3. The fraction of sp³-hybridized carbons (Fsp3) is 0.333. The zero-order valence-electron chi connectivity index (χ0n) is 9.49. The van der Waals surface area contributed by atoms with Gasteiger partial charge in [0.2, 0.25) is 5.91 Å². The van der Waals surface area contributed by atoms with Crippen LogP contribution in [0.2, 0.25) is 0 Å². The lowest BCUT2D eigenvalue weighted by Crippen LogP contribution is -2.48. The largest absolute Gasteiger partial charge is 0.441 e. The molecule has 1 fully saturated rings. The number of carbonyl (C=O) groups is 1. The molecule has 3 rings (SSSR count). The molecule has 1 saturated heterocycles. The van der Waals surface area contributed by atoms with Crippen molar-refractivity contribution in [1.29, 1.82) is 0 Å². The summed E-state index contributed by atoms with van der Waals surface area (Å²) in [7, 11) is 0. The number of rotatable bonds is 2. The Kier molecular flexibility index (Phi) is 2.33. The highest BCUT2D eigenvalue weighted by molar-refractivity contribution is 5.95. The van der Waals surface area contributed by atoms with Crippen LogP contribution in [0.5, 0.6) is 0 Å². The predicted octanol–water partition coefficient (Wildman–Crippen LogP) is 1.29. The third-order valence-corrected chi connectivity index (χ3v) is 2.91. The maximum Gasteiger partial charge on any atom is 0.230 e. The van der Waals surface area contributed by atoms with E-state index in [2.05, 4.69) is 15.6 Å². The molecule has 0 spiro atoms. The monoisotopic (exact) mass is 231 g/mol. The van der Waals surface area contributed by atoms with Crippen LogP contribution in [0.3, 0.4) is 0 Å². The molecule has 1 aromatic heterocycles. The van der Waals surface area contributed by atoms with Crippen molar-refractivity contribution in [2.24, 2.45) is 5.92 Å². The van der Waals surface area contributed by atoms with Crippen molar-refractivity contribution in [3.8, 4) is 0 Å². The summed E-state index contributed by atoms with van der Waals surface area (Å²) in [4.78, 5) is 16.0. The second kappa shape index (κ2) is 3.85. The molecular weight excluding hydrogens is 218 g/mol. The molecule has 2 N–H and O–H groups in total. The summed E-state index contributed by atoms with van der Waals surface area (Å²) in [6.07, 6.45) is 0. The smallest absolute Gasteiger partial charge is 0.230 e. The summed E-state index contributed by atoms with van der Waals surface area (Å²) in [6.45, 7) is 3.33. The number of amides is 1. The highest BCUT2D eigenvalue weighted by Crippen LogP contribution is 2.20. The zero-order valence-corrected chi connectivity index (χ0v) is 9.49. The van der Waals surface area contributed by atoms with Gasteiger partial charge in [0.15, 0.2) is 11.5 Å².